The van der Waals surface area contributed by atoms with Crippen molar-refractivity contribution in [2.45, 2.75) is 0 Å². The highest BCUT2D eigenvalue weighted by molar-refractivity contribution is 7.88. The molecule has 0 spiro atoms. The van der Waals surface area contributed by atoms with Crippen LogP contribution in [0, 0.1) is 0 Å². The zero-order chi connectivity index (χ0) is 12.1. The molecule has 90 valence electrons. The second-order valence-corrected chi connectivity index (χ2v) is 6.89. The quantitative estimate of drug-likeness (QED) is 0.591. The van der Waals surface area contributed by atoms with Crippen LogP contribution >= 0.6 is 0 Å². The molecule has 0 saturated carbocycles. The zero-order valence-electron chi connectivity index (χ0n) is 8.80. The molecule has 0 aromatic carbocycles. The monoisotopic (exact) mass is 256 g/mol. The van der Waals surface area contributed by atoms with E-state index in [9.17, 15) is 16.8 Å². The van der Waals surface area contributed by atoms with Crippen molar-refractivity contribution in [2.24, 2.45) is 0 Å². The Kier molecular flexibility index (Phi) is 5.43. The predicted molar refractivity (Wildman–Crippen MR) is 59.5 cm³/mol. The molecule has 1 N–H and O–H groups in total. The lowest BCUT2D eigenvalue weighted by atomic mass is 10.6. The third-order valence-corrected chi connectivity index (χ3v) is 3.53. The smallest absolute Gasteiger partial charge is 0.211 e. The summed E-state index contributed by atoms with van der Waals surface area (Å²) < 4.78 is 47.1. The molecule has 0 aliphatic carbocycles. The molecule has 0 heterocycles. The van der Waals surface area contributed by atoms with Crippen LogP contribution < -0.4 is 4.72 Å². The molecule has 15 heavy (non-hydrogen) atoms. The van der Waals surface area contributed by atoms with Crippen LogP contribution in [0.3, 0.4) is 0 Å². The maximum Gasteiger partial charge on any atom is 0.211 e. The average Bonchev–Trinajstić information content (AvgIpc) is 1.98. The van der Waals surface area contributed by atoms with Gasteiger partial charge < -0.3 is 0 Å². The van der Waals surface area contributed by atoms with Gasteiger partial charge in [-0.25, -0.2) is 21.6 Å². The lowest BCUT2D eigenvalue weighted by molar-refractivity contribution is 0.448. The Bertz CT molecular complexity index is 399. The minimum absolute atomic E-state index is 0.0553. The number of hydrogen-bond donors (Lipinski definition) is 1. The van der Waals surface area contributed by atoms with Crippen LogP contribution in [0.25, 0.3) is 0 Å². The molecule has 0 fully saturated rings. The molecular formula is C7H16N2O4S2. The van der Waals surface area contributed by atoms with E-state index < -0.39 is 20.0 Å². The summed E-state index contributed by atoms with van der Waals surface area (Å²) >= 11 is 0. The van der Waals surface area contributed by atoms with Crippen molar-refractivity contribution in [2.75, 3.05) is 32.1 Å². The zero-order valence-corrected chi connectivity index (χ0v) is 10.4. The second-order valence-electron chi connectivity index (χ2n) is 3.08. The van der Waals surface area contributed by atoms with E-state index >= 15 is 0 Å². The first-order chi connectivity index (χ1) is 6.67. The van der Waals surface area contributed by atoms with E-state index in [-0.39, 0.29) is 19.6 Å². The third kappa shape index (κ3) is 7.48. The lowest BCUT2D eigenvalue weighted by Crippen LogP contribution is -2.37. The Balaban J connectivity index is 4.27. The van der Waals surface area contributed by atoms with Crippen molar-refractivity contribution >= 4 is 20.0 Å². The molecule has 0 radical (unpaired) electrons. The fourth-order valence-electron chi connectivity index (χ4n) is 0.892. The summed E-state index contributed by atoms with van der Waals surface area (Å²) in [7, 11) is -6.60. The molecule has 0 aliphatic heterocycles. The van der Waals surface area contributed by atoms with Gasteiger partial charge in [0.05, 0.1) is 12.5 Å². The highest BCUT2D eigenvalue weighted by atomic mass is 32.2. The standard InChI is InChI=1S/C7H16N2O4S2/c1-4-6-9(15(3,12)13)7-5-8-14(2,10)11/h4,8H,1,5-7H2,2-3H3. The fraction of sp³-hybridized carbons (Fsp3) is 0.714. The molecule has 0 saturated heterocycles. The first-order valence-corrected chi connectivity index (χ1v) is 7.91. The van der Waals surface area contributed by atoms with E-state index in [1.807, 2.05) is 0 Å². The topological polar surface area (TPSA) is 83.6 Å². The maximum atomic E-state index is 11.2. The van der Waals surface area contributed by atoms with Gasteiger partial charge in [-0.2, -0.15) is 4.31 Å². The van der Waals surface area contributed by atoms with E-state index in [2.05, 4.69) is 11.3 Å². The number of nitrogens with zero attached hydrogens (tertiary/aromatic N) is 1. The summed E-state index contributed by atoms with van der Waals surface area (Å²) in [4.78, 5) is 0. The summed E-state index contributed by atoms with van der Waals surface area (Å²) in [6.07, 6.45) is 3.53. The van der Waals surface area contributed by atoms with Crippen molar-refractivity contribution in [3.8, 4) is 0 Å². The van der Waals surface area contributed by atoms with Gasteiger partial charge in [0.2, 0.25) is 20.0 Å². The van der Waals surface area contributed by atoms with Crippen molar-refractivity contribution < 1.29 is 16.8 Å². The lowest BCUT2D eigenvalue weighted by Gasteiger charge is -2.17. The molecule has 0 unspecified atom stereocenters. The van der Waals surface area contributed by atoms with Gasteiger partial charge in [0, 0.05) is 19.6 Å². The Labute approximate surface area is 91.1 Å². The van der Waals surface area contributed by atoms with Gasteiger partial charge in [0.25, 0.3) is 0 Å². The minimum Gasteiger partial charge on any atom is -0.214 e. The molecular weight excluding hydrogens is 240 g/mol. The molecule has 8 heteroatoms. The maximum absolute atomic E-state index is 11.2. The number of hydrogen-bond acceptors (Lipinski definition) is 4. The largest absolute Gasteiger partial charge is 0.214 e. The van der Waals surface area contributed by atoms with Crippen LogP contribution in [0.4, 0.5) is 0 Å². The summed E-state index contributed by atoms with van der Waals surface area (Å²) in [5.41, 5.74) is 0. The molecule has 0 atom stereocenters. The van der Waals surface area contributed by atoms with Gasteiger partial charge in [-0.15, -0.1) is 6.58 Å². The van der Waals surface area contributed by atoms with Crippen LogP contribution in [0.5, 0.6) is 0 Å². The Morgan fingerprint density at radius 1 is 1.27 bits per heavy atom. The van der Waals surface area contributed by atoms with Crippen LogP contribution in [0.15, 0.2) is 12.7 Å². The molecule has 0 bridgehead atoms. The molecule has 0 rings (SSSR count). The van der Waals surface area contributed by atoms with Crippen LogP contribution in [0.1, 0.15) is 0 Å². The van der Waals surface area contributed by atoms with E-state index in [0.29, 0.717) is 0 Å². The SMILES string of the molecule is C=CCN(CCNS(C)(=O)=O)S(C)(=O)=O. The highest BCUT2D eigenvalue weighted by Gasteiger charge is 2.14. The average molecular weight is 256 g/mol. The van der Waals surface area contributed by atoms with E-state index in [1.165, 1.54) is 6.08 Å². The molecule has 0 aromatic heterocycles. The first-order valence-electron chi connectivity index (χ1n) is 4.17. The Hall–Kier alpha value is -0.440. The van der Waals surface area contributed by atoms with Gasteiger partial charge in [-0.3, -0.25) is 0 Å². The summed E-state index contributed by atoms with van der Waals surface area (Å²) in [6.45, 7) is 3.75. The summed E-state index contributed by atoms with van der Waals surface area (Å²) in [5, 5.41) is 0. The van der Waals surface area contributed by atoms with Crippen molar-refractivity contribution in [1.82, 2.24) is 9.03 Å². The van der Waals surface area contributed by atoms with Crippen LogP contribution in [-0.4, -0.2) is 53.3 Å². The number of sulfonamides is 2. The summed E-state index contributed by atoms with van der Waals surface area (Å²) in [5.74, 6) is 0. The van der Waals surface area contributed by atoms with Crippen molar-refractivity contribution in [3.63, 3.8) is 0 Å². The molecule has 0 aromatic rings. The van der Waals surface area contributed by atoms with Gasteiger partial charge in [-0.1, -0.05) is 6.08 Å². The molecule has 0 aliphatic rings. The van der Waals surface area contributed by atoms with Gasteiger partial charge in [0.1, 0.15) is 0 Å². The van der Waals surface area contributed by atoms with Crippen LogP contribution in [0.2, 0.25) is 0 Å². The van der Waals surface area contributed by atoms with E-state index in [4.69, 9.17) is 0 Å². The Morgan fingerprint density at radius 3 is 2.13 bits per heavy atom. The predicted octanol–water partition coefficient (Wildman–Crippen LogP) is -1.02. The van der Waals surface area contributed by atoms with Crippen LogP contribution in [-0.2, 0) is 20.0 Å². The Morgan fingerprint density at radius 2 is 1.80 bits per heavy atom. The van der Waals surface area contributed by atoms with Crippen molar-refractivity contribution in [1.29, 1.82) is 0 Å². The fourth-order valence-corrected chi connectivity index (χ4v) is 2.15. The normalized spacial score (nSPS) is 13.0. The van der Waals surface area contributed by atoms with E-state index in [1.54, 1.807) is 0 Å². The molecule has 0 amide bonds. The minimum atomic E-state index is -3.32. The van der Waals surface area contributed by atoms with E-state index in [0.717, 1.165) is 16.8 Å². The number of nitrogens with one attached hydrogen (secondary N) is 1. The van der Waals surface area contributed by atoms with Gasteiger partial charge in [0.15, 0.2) is 0 Å². The third-order valence-electron chi connectivity index (χ3n) is 1.53. The molecule has 6 nitrogen and oxygen atoms in total. The summed E-state index contributed by atoms with van der Waals surface area (Å²) in [6, 6.07) is 0. The highest BCUT2D eigenvalue weighted by Crippen LogP contribution is 1.96. The van der Waals surface area contributed by atoms with Gasteiger partial charge in [-0.05, 0) is 0 Å². The van der Waals surface area contributed by atoms with Crippen molar-refractivity contribution in [3.05, 3.63) is 12.7 Å². The van der Waals surface area contributed by atoms with Gasteiger partial charge >= 0.3 is 0 Å². The first kappa shape index (κ1) is 14.6. The second kappa shape index (κ2) is 5.59. The number of rotatable bonds is 7.